The van der Waals surface area contributed by atoms with Gasteiger partial charge >= 0.3 is 0 Å². The highest BCUT2D eigenvalue weighted by Gasteiger charge is 2.19. The van der Waals surface area contributed by atoms with E-state index in [0.29, 0.717) is 5.56 Å². The fraction of sp³-hybridized carbons (Fsp3) is 0.364. The van der Waals surface area contributed by atoms with E-state index >= 15 is 0 Å². The second-order valence-corrected chi connectivity index (χ2v) is 8.01. The maximum atomic E-state index is 12.7. The summed E-state index contributed by atoms with van der Waals surface area (Å²) in [7, 11) is -1.03. The number of fused-ring (bicyclic) bond motifs is 1. The lowest BCUT2D eigenvalue weighted by molar-refractivity contribution is 0.0724. The van der Waals surface area contributed by atoms with E-state index in [1.54, 1.807) is 12.5 Å². The van der Waals surface area contributed by atoms with E-state index in [1.165, 1.54) is 6.42 Å². The quantitative estimate of drug-likeness (QED) is 0.658. The van der Waals surface area contributed by atoms with Gasteiger partial charge in [0.15, 0.2) is 0 Å². The first-order chi connectivity index (χ1) is 13.6. The molecule has 0 N–H and O–H groups in total. The van der Waals surface area contributed by atoms with Crippen molar-refractivity contribution in [1.29, 1.82) is 0 Å². The molecule has 1 unspecified atom stereocenters. The minimum absolute atomic E-state index is 0.0650. The van der Waals surface area contributed by atoms with Crippen molar-refractivity contribution in [3.8, 4) is 5.69 Å². The number of hydrogen-bond acceptors (Lipinski definition) is 3. The van der Waals surface area contributed by atoms with Crippen LogP contribution in [0.1, 0.15) is 43.5 Å². The summed E-state index contributed by atoms with van der Waals surface area (Å²) in [5.41, 5.74) is 2.34. The molecule has 1 saturated heterocycles. The molecule has 1 fully saturated rings. The summed E-state index contributed by atoms with van der Waals surface area (Å²) in [6.07, 6.45) is 8.62. The number of aromatic nitrogens is 2. The van der Waals surface area contributed by atoms with Crippen LogP contribution in [0.2, 0.25) is 0 Å². The molecule has 0 spiro atoms. The van der Waals surface area contributed by atoms with Crippen LogP contribution >= 0.6 is 0 Å². The summed E-state index contributed by atoms with van der Waals surface area (Å²) in [5, 5.41) is 0.927. The molecule has 6 heteroatoms. The Kier molecular flexibility index (Phi) is 6.62. The zero-order valence-electron chi connectivity index (χ0n) is 16.7. The normalized spacial score (nSPS) is 15.0. The standard InChI is InChI=1S/C20H21N3O2S.C2H6/c1-26(25)18-7-5-6-17(13-18)23-11-8-15-12-16(14-21-19(15)23)20(24)22-9-3-2-4-10-22;1-2/h5-8,11-14H,2-4,9-10H2,1H3;1-2H3. The van der Waals surface area contributed by atoms with Crippen LogP contribution in [0.3, 0.4) is 0 Å². The Hall–Kier alpha value is -2.47. The summed E-state index contributed by atoms with van der Waals surface area (Å²) in [4.78, 5) is 19.9. The number of benzene rings is 1. The lowest BCUT2D eigenvalue weighted by Crippen LogP contribution is -2.35. The average molecular weight is 398 g/mol. The predicted octanol–water partition coefficient (Wildman–Crippen LogP) is 4.42. The van der Waals surface area contributed by atoms with Gasteiger partial charge in [0.1, 0.15) is 5.65 Å². The summed E-state index contributed by atoms with van der Waals surface area (Å²) < 4.78 is 13.7. The molecule has 2 aromatic heterocycles. The molecule has 28 heavy (non-hydrogen) atoms. The molecule has 1 aliphatic rings. The molecular weight excluding hydrogens is 370 g/mol. The lowest BCUT2D eigenvalue weighted by atomic mass is 10.1. The second kappa shape index (κ2) is 9.15. The zero-order chi connectivity index (χ0) is 20.1. The summed E-state index contributed by atoms with van der Waals surface area (Å²) >= 11 is 0. The number of amides is 1. The first-order valence-corrected chi connectivity index (χ1v) is 11.4. The fourth-order valence-corrected chi connectivity index (χ4v) is 4.00. The van der Waals surface area contributed by atoms with E-state index < -0.39 is 10.8 Å². The third-order valence-corrected chi connectivity index (χ3v) is 5.76. The Labute approximate surface area is 168 Å². The number of likely N-dealkylation sites (tertiary alicyclic amines) is 1. The van der Waals surface area contributed by atoms with Crippen molar-refractivity contribution >= 4 is 27.7 Å². The molecule has 0 radical (unpaired) electrons. The van der Waals surface area contributed by atoms with Gasteiger partial charge in [0.05, 0.1) is 5.56 Å². The highest BCUT2D eigenvalue weighted by molar-refractivity contribution is 7.84. The molecule has 1 aromatic carbocycles. The molecule has 4 rings (SSSR count). The first-order valence-electron chi connectivity index (χ1n) is 9.84. The van der Waals surface area contributed by atoms with Gasteiger partial charge in [-0.2, -0.15) is 0 Å². The molecule has 3 aromatic rings. The maximum absolute atomic E-state index is 12.7. The van der Waals surface area contributed by atoms with Crippen LogP contribution in [0.4, 0.5) is 0 Å². The Morgan fingerprint density at radius 3 is 2.54 bits per heavy atom. The second-order valence-electron chi connectivity index (χ2n) is 6.63. The van der Waals surface area contributed by atoms with Gasteiger partial charge in [0.25, 0.3) is 5.91 Å². The van der Waals surface area contributed by atoms with Crippen molar-refractivity contribution in [2.45, 2.75) is 38.0 Å². The van der Waals surface area contributed by atoms with Crippen LogP contribution in [-0.4, -0.2) is 43.9 Å². The smallest absolute Gasteiger partial charge is 0.255 e. The molecule has 0 bridgehead atoms. The van der Waals surface area contributed by atoms with Gasteiger partial charge < -0.3 is 9.47 Å². The Balaban J connectivity index is 0.00000109. The van der Waals surface area contributed by atoms with Crippen molar-refractivity contribution < 1.29 is 9.00 Å². The van der Waals surface area contributed by atoms with Crippen LogP contribution in [0.25, 0.3) is 16.7 Å². The minimum atomic E-state index is -1.03. The number of nitrogens with zero attached hydrogens (tertiary/aromatic N) is 3. The fourth-order valence-electron chi connectivity index (χ4n) is 3.44. The average Bonchev–Trinajstić information content (AvgIpc) is 3.18. The molecule has 0 saturated carbocycles. The number of carbonyl (C=O) groups is 1. The molecule has 0 aliphatic carbocycles. The SMILES string of the molecule is CC.CS(=O)c1cccc(-n2ccc3cc(C(=O)N4CCCCC4)cnc32)c1. The van der Waals surface area contributed by atoms with E-state index in [-0.39, 0.29) is 5.91 Å². The highest BCUT2D eigenvalue weighted by atomic mass is 32.2. The monoisotopic (exact) mass is 397 g/mol. The third-order valence-electron chi connectivity index (χ3n) is 4.84. The number of pyridine rings is 1. The summed E-state index contributed by atoms with van der Waals surface area (Å²) in [6.45, 7) is 5.66. The largest absolute Gasteiger partial charge is 0.339 e. The molecule has 1 amide bonds. The predicted molar refractivity (Wildman–Crippen MR) is 115 cm³/mol. The Morgan fingerprint density at radius 1 is 1.07 bits per heavy atom. The van der Waals surface area contributed by atoms with Crippen LogP contribution in [-0.2, 0) is 10.8 Å². The van der Waals surface area contributed by atoms with E-state index in [9.17, 15) is 9.00 Å². The summed E-state index contributed by atoms with van der Waals surface area (Å²) in [5.74, 6) is 0.0650. The first kappa shape index (κ1) is 20.3. The van der Waals surface area contributed by atoms with E-state index in [2.05, 4.69) is 4.98 Å². The van der Waals surface area contributed by atoms with Gasteiger partial charge in [-0.15, -0.1) is 0 Å². The minimum Gasteiger partial charge on any atom is -0.339 e. The number of rotatable bonds is 3. The highest BCUT2D eigenvalue weighted by Crippen LogP contribution is 2.22. The van der Waals surface area contributed by atoms with Crippen LogP contribution in [0, 0.1) is 0 Å². The number of carbonyl (C=O) groups excluding carboxylic acids is 1. The molecule has 3 heterocycles. The van der Waals surface area contributed by atoms with Gasteiger partial charge in [0.2, 0.25) is 0 Å². The molecule has 1 aliphatic heterocycles. The summed E-state index contributed by atoms with van der Waals surface area (Å²) in [6, 6.07) is 11.5. The van der Waals surface area contributed by atoms with E-state index in [1.807, 2.05) is 65.9 Å². The van der Waals surface area contributed by atoms with Crippen LogP contribution < -0.4 is 0 Å². The third kappa shape index (κ3) is 4.17. The maximum Gasteiger partial charge on any atom is 0.255 e. The van der Waals surface area contributed by atoms with Crippen LogP contribution in [0.5, 0.6) is 0 Å². The van der Waals surface area contributed by atoms with Gasteiger partial charge in [-0.05, 0) is 49.6 Å². The van der Waals surface area contributed by atoms with Gasteiger partial charge in [-0.3, -0.25) is 9.00 Å². The van der Waals surface area contributed by atoms with E-state index in [0.717, 1.165) is 47.5 Å². The zero-order valence-corrected chi connectivity index (χ0v) is 17.5. The number of hydrogen-bond donors (Lipinski definition) is 0. The van der Waals surface area contributed by atoms with Gasteiger partial charge in [-0.25, -0.2) is 4.98 Å². The van der Waals surface area contributed by atoms with Gasteiger partial charge in [-0.1, -0.05) is 19.9 Å². The van der Waals surface area contributed by atoms with Crippen molar-refractivity contribution in [1.82, 2.24) is 14.5 Å². The van der Waals surface area contributed by atoms with E-state index in [4.69, 9.17) is 0 Å². The topological polar surface area (TPSA) is 55.2 Å². The van der Waals surface area contributed by atoms with Crippen LogP contribution in [0.15, 0.2) is 53.7 Å². The van der Waals surface area contributed by atoms with Gasteiger partial charge in [0, 0.05) is 58.5 Å². The Morgan fingerprint density at radius 2 is 1.82 bits per heavy atom. The Bertz CT molecular complexity index is 990. The molecule has 5 nitrogen and oxygen atoms in total. The lowest BCUT2D eigenvalue weighted by Gasteiger charge is -2.26. The van der Waals surface area contributed by atoms with Crippen molar-refractivity contribution in [2.24, 2.45) is 0 Å². The van der Waals surface area contributed by atoms with Crippen molar-refractivity contribution in [2.75, 3.05) is 19.3 Å². The molecule has 1 atom stereocenters. The van der Waals surface area contributed by atoms with Crippen molar-refractivity contribution in [3.63, 3.8) is 0 Å². The molecular formula is C22H27N3O2S. The van der Waals surface area contributed by atoms with Crippen molar-refractivity contribution in [3.05, 3.63) is 54.4 Å². The molecule has 148 valence electrons. The number of piperidine rings is 1.